The van der Waals surface area contributed by atoms with Gasteiger partial charge in [-0.1, -0.05) is 84.4 Å². The number of halogens is 1. The fourth-order valence-corrected chi connectivity index (χ4v) is 3.46. The summed E-state index contributed by atoms with van der Waals surface area (Å²) in [5.74, 6) is -0.282. The van der Waals surface area contributed by atoms with Crippen molar-refractivity contribution in [1.29, 1.82) is 0 Å². The first-order chi connectivity index (χ1) is 14.5. The molecule has 0 aliphatic heterocycles. The van der Waals surface area contributed by atoms with Gasteiger partial charge < -0.3 is 0 Å². The van der Waals surface area contributed by atoms with Crippen molar-refractivity contribution >= 4 is 34.1 Å². The third kappa shape index (κ3) is 4.04. The van der Waals surface area contributed by atoms with Crippen LogP contribution in [0.4, 0.5) is 0 Å². The molecule has 5 heteroatoms. The number of aryl methyl sites for hydroxylation is 1. The average Bonchev–Trinajstić information content (AvgIpc) is 2.77. The predicted molar refractivity (Wildman–Crippen MR) is 123 cm³/mol. The van der Waals surface area contributed by atoms with Crippen LogP contribution in [-0.2, 0) is 0 Å². The second kappa shape index (κ2) is 8.39. The quantitative estimate of drug-likeness (QED) is 0.408. The van der Waals surface area contributed by atoms with Gasteiger partial charge in [0, 0.05) is 21.5 Å². The summed E-state index contributed by atoms with van der Waals surface area (Å²) in [6, 6.07) is 24.8. The van der Waals surface area contributed by atoms with Gasteiger partial charge >= 0.3 is 0 Å². The van der Waals surface area contributed by atoms with Crippen molar-refractivity contribution in [2.75, 3.05) is 0 Å². The molecule has 3 aromatic carbocycles. The molecular formula is C25H20ClN3O. The average molecular weight is 414 g/mol. The Balaban J connectivity index is 1.65. The van der Waals surface area contributed by atoms with Crippen LogP contribution in [-0.4, -0.2) is 10.9 Å². The Hall–Kier alpha value is -3.63. The third-order valence-corrected chi connectivity index (χ3v) is 5.16. The number of hydrogen-bond acceptors (Lipinski definition) is 3. The summed E-state index contributed by atoms with van der Waals surface area (Å²) >= 11 is 6.21. The van der Waals surface area contributed by atoms with Gasteiger partial charge in [0.1, 0.15) is 0 Å². The maximum absolute atomic E-state index is 13.0. The molecule has 148 valence electrons. The van der Waals surface area contributed by atoms with Crippen LogP contribution < -0.4 is 10.9 Å². The fraction of sp³-hybridized carbons (Fsp3) is 0.0400. The largest absolute Gasteiger partial charge is 0.298 e. The number of carbonyl (C=O) groups is 1. The van der Waals surface area contributed by atoms with E-state index in [1.807, 2.05) is 79.7 Å². The fourth-order valence-electron chi connectivity index (χ4n) is 3.21. The second-order valence-corrected chi connectivity index (χ2v) is 7.38. The van der Waals surface area contributed by atoms with Gasteiger partial charge in [0.05, 0.1) is 22.5 Å². The highest BCUT2D eigenvalue weighted by molar-refractivity contribution is 6.32. The predicted octanol–water partition coefficient (Wildman–Crippen LogP) is 5.77. The number of carbonyl (C=O) groups excluding carboxylic acids is 1. The molecule has 0 unspecified atom stereocenters. The molecular weight excluding hydrogens is 394 g/mol. The molecule has 0 saturated carbocycles. The summed E-state index contributed by atoms with van der Waals surface area (Å²) in [5, 5.41) is 1.33. The van der Waals surface area contributed by atoms with Crippen LogP contribution >= 0.6 is 11.6 Å². The standard InChI is InChI=1S/C25H20ClN3O/c1-16-11-13-18(14-12-16)24-15-21(20-8-4-6-10-23(20)27-24)25(30)29-28-17(2)19-7-3-5-9-22(19)26/h3-15,28H,2H2,1H3,(H,29,30). The number of hydrazine groups is 1. The summed E-state index contributed by atoms with van der Waals surface area (Å²) < 4.78 is 0. The number of fused-ring (bicyclic) bond motifs is 1. The van der Waals surface area contributed by atoms with Gasteiger partial charge in [-0.3, -0.25) is 15.6 Å². The lowest BCUT2D eigenvalue weighted by molar-refractivity contribution is 0.0944. The molecule has 0 atom stereocenters. The van der Waals surface area contributed by atoms with Gasteiger partial charge in [-0.05, 0) is 25.1 Å². The van der Waals surface area contributed by atoms with E-state index < -0.39 is 0 Å². The summed E-state index contributed by atoms with van der Waals surface area (Å²) in [6.45, 7) is 6.00. The first kappa shape index (κ1) is 19.7. The van der Waals surface area contributed by atoms with Crippen LogP contribution in [0.5, 0.6) is 0 Å². The van der Waals surface area contributed by atoms with Gasteiger partial charge in [-0.25, -0.2) is 4.98 Å². The molecule has 0 aliphatic carbocycles. The lowest BCUT2D eigenvalue weighted by atomic mass is 10.0. The molecule has 0 aliphatic rings. The van der Waals surface area contributed by atoms with Crippen molar-refractivity contribution in [3.05, 3.63) is 107 Å². The summed E-state index contributed by atoms with van der Waals surface area (Å²) in [5.41, 5.74) is 11.0. The van der Waals surface area contributed by atoms with Crippen molar-refractivity contribution in [1.82, 2.24) is 15.8 Å². The lowest BCUT2D eigenvalue weighted by Crippen LogP contribution is -2.36. The van der Waals surface area contributed by atoms with Crippen molar-refractivity contribution < 1.29 is 4.79 Å². The Bertz CT molecular complexity index is 1250. The molecule has 0 saturated heterocycles. The molecule has 1 aromatic heterocycles. The molecule has 0 spiro atoms. The highest BCUT2D eigenvalue weighted by atomic mass is 35.5. The van der Waals surface area contributed by atoms with E-state index in [0.29, 0.717) is 16.3 Å². The molecule has 1 heterocycles. The Morgan fingerprint density at radius 2 is 1.60 bits per heavy atom. The van der Waals surface area contributed by atoms with Crippen LogP contribution in [0.2, 0.25) is 5.02 Å². The van der Waals surface area contributed by atoms with E-state index >= 15 is 0 Å². The van der Waals surface area contributed by atoms with Crippen molar-refractivity contribution in [3.63, 3.8) is 0 Å². The van der Waals surface area contributed by atoms with E-state index in [4.69, 9.17) is 16.6 Å². The van der Waals surface area contributed by atoms with E-state index in [-0.39, 0.29) is 5.91 Å². The van der Waals surface area contributed by atoms with Gasteiger partial charge in [-0.15, -0.1) is 0 Å². The minimum atomic E-state index is -0.282. The smallest absolute Gasteiger partial charge is 0.270 e. The molecule has 0 fully saturated rings. The zero-order chi connectivity index (χ0) is 21.1. The molecule has 0 bridgehead atoms. The number of hydrogen-bond donors (Lipinski definition) is 2. The number of rotatable bonds is 5. The monoisotopic (exact) mass is 413 g/mol. The van der Waals surface area contributed by atoms with Gasteiger partial charge in [0.25, 0.3) is 5.91 Å². The summed E-state index contributed by atoms with van der Waals surface area (Å²) in [6.07, 6.45) is 0. The number of aromatic nitrogens is 1. The second-order valence-electron chi connectivity index (χ2n) is 6.98. The Morgan fingerprint density at radius 3 is 2.37 bits per heavy atom. The minimum absolute atomic E-state index is 0.282. The molecule has 1 amide bonds. The zero-order valence-electron chi connectivity index (χ0n) is 16.4. The lowest BCUT2D eigenvalue weighted by Gasteiger charge is -2.14. The van der Waals surface area contributed by atoms with E-state index in [1.54, 1.807) is 6.07 Å². The van der Waals surface area contributed by atoms with Crippen LogP contribution in [0.15, 0.2) is 85.4 Å². The number of nitrogens with zero attached hydrogens (tertiary/aromatic N) is 1. The number of pyridine rings is 1. The van der Waals surface area contributed by atoms with Crippen molar-refractivity contribution in [3.8, 4) is 11.3 Å². The highest BCUT2D eigenvalue weighted by Gasteiger charge is 2.14. The molecule has 2 N–H and O–H groups in total. The number of amides is 1. The number of nitrogens with one attached hydrogen (secondary N) is 2. The topological polar surface area (TPSA) is 54.0 Å². The Labute approximate surface area is 180 Å². The van der Waals surface area contributed by atoms with Crippen LogP contribution in [0.1, 0.15) is 21.5 Å². The summed E-state index contributed by atoms with van der Waals surface area (Å²) in [7, 11) is 0. The summed E-state index contributed by atoms with van der Waals surface area (Å²) in [4.78, 5) is 17.8. The maximum Gasteiger partial charge on any atom is 0.270 e. The van der Waals surface area contributed by atoms with Crippen LogP contribution in [0, 0.1) is 6.92 Å². The van der Waals surface area contributed by atoms with Crippen molar-refractivity contribution in [2.24, 2.45) is 0 Å². The highest BCUT2D eigenvalue weighted by Crippen LogP contribution is 2.25. The van der Waals surface area contributed by atoms with Crippen molar-refractivity contribution in [2.45, 2.75) is 6.92 Å². The van der Waals surface area contributed by atoms with E-state index in [0.717, 1.165) is 27.7 Å². The van der Waals surface area contributed by atoms with Gasteiger partial charge in [0.15, 0.2) is 0 Å². The van der Waals surface area contributed by atoms with E-state index in [9.17, 15) is 4.79 Å². The Morgan fingerprint density at radius 1 is 0.900 bits per heavy atom. The normalized spacial score (nSPS) is 10.6. The first-order valence-electron chi connectivity index (χ1n) is 9.50. The SMILES string of the molecule is C=C(NNC(=O)c1cc(-c2ccc(C)cc2)nc2ccccc12)c1ccccc1Cl. The van der Waals surface area contributed by atoms with Crippen LogP contribution in [0.3, 0.4) is 0 Å². The van der Waals surface area contributed by atoms with Crippen LogP contribution in [0.25, 0.3) is 27.9 Å². The molecule has 4 rings (SSSR count). The Kier molecular flexibility index (Phi) is 5.50. The number of para-hydroxylation sites is 1. The van der Waals surface area contributed by atoms with E-state index in [1.165, 1.54) is 5.56 Å². The molecule has 30 heavy (non-hydrogen) atoms. The third-order valence-electron chi connectivity index (χ3n) is 4.83. The zero-order valence-corrected chi connectivity index (χ0v) is 17.2. The minimum Gasteiger partial charge on any atom is -0.298 e. The van der Waals surface area contributed by atoms with Gasteiger partial charge in [0.2, 0.25) is 0 Å². The maximum atomic E-state index is 13.0. The van der Waals surface area contributed by atoms with E-state index in [2.05, 4.69) is 17.4 Å². The molecule has 0 radical (unpaired) electrons. The molecule has 4 aromatic rings. The first-order valence-corrected chi connectivity index (χ1v) is 9.88. The van der Waals surface area contributed by atoms with Gasteiger partial charge in [-0.2, -0.15) is 0 Å². The molecule has 4 nitrogen and oxygen atoms in total. The number of benzene rings is 3.